The van der Waals surface area contributed by atoms with E-state index in [1.54, 1.807) is 12.1 Å². The highest BCUT2D eigenvalue weighted by Crippen LogP contribution is 2.21. The normalized spacial score (nSPS) is 15.5. The highest BCUT2D eigenvalue weighted by atomic mass is 16.6. The van der Waals surface area contributed by atoms with Crippen LogP contribution in [0.3, 0.4) is 0 Å². The maximum Gasteiger partial charge on any atom is 0.269 e. The molecule has 1 aliphatic carbocycles. The van der Waals surface area contributed by atoms with E-state index in [1.807, 2.05) is 13.0 Å². The number of non-ortho nitro benzene ring substituents is 1. The molecule has 6 nitrogen and oxygen atoms in total. The minimum Gasteiger partial charge on any atom is -0.353 e. The lowest BCUT2D eigenvalue weighted by molar-refractivity contribution is -0.384. The predicted octanol–water partition coefficient (Wildman–Crippen LogP) is 2.30. The van der Waals surface area contributed by atoms with E-state index in [9.17, 15) is 14.9 Å². The SMILES string of the molecule is CCC(NCCC(=O)NC1CC1)c1cccc([N+](=O)[O-])c1. The molecule has 21 heavy (non-hydrogen) atoms. The fourth-order valence-corrected chi connectivity index (χ4v) is 2.24. The van der Waals surface area contributed by atoms with Crippen LogP contribution in [0.5, 0.6) is 0 Å². The summed E-state index contributed by atoms with van der Waals surface area (Å²) < 4.78 is 0. The number of carbonyl (C=O) groups is 1. The molecule has 114 valence electrons. The Hall–Kier alpha value is -1.95. The van der Waals surface area contributed by atoms with Gasteiger partial charge >= 0.3 is 0 Å². The quantitative estimate of drug-likeness (QED) is 0.568. The Bertz CT molecular complexity index is 515. The van der Waals surface area contributed by atoms with Gasteiger partial charge in [0.1, 0.15) is 0 Å². The molecule has 0 saturated heterocycles. The number of hydrogen-bond donors (Lipinski definition) is 2. The average molecular weight is 291 g/mol. The first-order chi connectivity index (χ1) is 10.1. The van der Waals surface area contributed by atoms with Gasteiger partial charge in [-0.2, -0.15) is 0 Å². The molecule has 2 N–H and O–H groups in total. The third-order valence-corrected chi connectivity index (χ3v) is 3.58. The molecule has 0 aliphatic heterocycles. The van der Waals surface area contributed by atoms with Crippen LogP contribution in [0.4, 0.5) is 5.69 Å². The Kier molecular flexibility index (Phi) is 5.27. The zero-order valence-corrected chi connectivity index (χ0v) is 12.2. The van der Waals surface area contributed by atoms with E-state index in [0.717, 1.165) is 24.8 Å². The average Bonchev–Trinajstić information content (AvgIpc) is 3.27. The molecular weight excluding hydrogens is 270 g/mol. The lowest BCUT2D eigenvalue weighted by atomic mass is 10.0. The maximum atomic E-state index is 11.6. The summed E-state index contributed by atoms with van der Waals surface area (Å²) in [4.78, 5) is 22.0. The Balaban J connectivity index is 1.85. The topological polar surface area (TPSA) is 84.3 Å². The molecule has 1 aromatic rings. The molecule has 1 unspecified atom stereocenters. The molecule has 0 radical (unpaired) electrons. The van der Waals surface area contributed by atoms with Crippen molar-refractivity contribution < 1.29 is 9.72 Å². The van der Waals surface area contributed by atoms with Gasteiger partial charge in [0.2, 0.25) is 5.91 Å². The molecule has 0 spiro atoms. The van der Waals surface area contributed by atoms with Crippen LogP contribution >= 0.6 is 0 Å². The molecule has 1 atom stereocenters. The highest BCUT2D eigenvalue weighted by molar-refractivity contribution is 5.76. The van der Waals surface area contributed by atoms with Gasteiger partial charge in [-0.25, -0.2) is 0 Å². The van der Waals surface area contributed by atoms with E-state index < -0.39 is 0 Å². The zero-order chi connectivity index (χ0) is 15.2. The summed E-state index contributed by atoms with van der Waals surface area (Å²) in [6.07, 6.45) is 3.42. The standard InChI is InChI=1S/C15H21N3O3/c1-2-14(11-4-3-5-13(10-11)18(20)21)16-9-8-15(19)17-12-6-7-12/h3-5,10,12,14,16H,2,6-9H2,1H3,(H,17,19). The van der Waals surface area contributed by atoms with Gasteiger partial charge in [-0.1, -0.05) is 19.1 Å². The predicted molar refractivity (Wildman–Crippen MR) is 79.9 cm³/mol. The molecule has 6 heteroatoms. The Morgan fingerprint density at radius 2 is 2.24 bits per heavy atom. The van der Waals surface area contributed by atoms with Crippen molar-refractivity contribution in [2.45, 2.75) is 44.7 Å². The van der Waals surface area contributed by atoms with E-state index in [1.165, 1.54) is 6.07 Å². The summed E-state index contributed by atoms with van der Waals surface area (Å²) in [5, 5.41) is 17.0. The minimum atomic E-state index is -0.390. The van der Waals surface area contributed by atoms with Crippen LogP contribution in [0.2, 0.25) is 0 Å². The second kappa shape index (κ2) is 7.17. The number of nitro groups is 1. The fourth-order valence-electron chi connectivity index (χ4n) is 2.24. The van der Waals surface area contributed by atoms with Crippen molar-refractivity contribution in [1.82, 2.24) is 10.6 Å². The van der Waals surface area contributed by atoms with Gasteiger partial charge in [-0.15, -0.1) is 0 Å². The van der Waals surface area contributed by atoms with E-state index in [0.29, 0.717) is 19.0 Å². The maximum absolute atomic E-state index is 11.6. The van der Waals surface area contributed by atoms with E-state index in [-0.39, 0.29) is 22.6 Å². The molecule has 1 fully saturated rings. The second-order valence-electron chi connectivity index (χ2n) is 5.36. The summed E-state index contributed by atoms with van der Waals surface area (Å²) in [7, 11) is 0. The number of amides is 1. The van der Waals surface area contributed by atoms with Crippen LogP contribution in [-0.2, 0) is 4.79 Å². The van der Waals surface area contributed by atoms with E-state index >= 15 is 0 Å². The van der Waals surface area contributed by atoms with Gasteiger partial charge in [-0.05, 0) is 24.8 Å². The monoisotopic (exact) mass is 291 g/mol. The first-order valence-corrected chi connectivity index (χ1v) is 7.37. The number of benzene rings is 1. The van der Waals surface area contributed by atoms with Gasteiger partial charge < -0.3 is 10.6 Å². The molecule has 1 saturated carbocycles. The third-order valence-electron chi connectivity index (χ3n) is 3.58. The Labute approximate surface area is 124 Å². The molecular formula is C15H21N3O3. The summed E-state index contributed by atoms with van der Waals surface area (Å²) in [6, 6.07) is 7.05. The van der Waals surface area contributed by atoms with Crippen LogP contribution in [0.25, 0.3) is 0 Å². The van der Waals surface area contributed by atoms with Crippen LogP contribution in [0.15, 0.2) is 24.3 Å². The first-order valence-electron chi connectivity index (χ1n) is 7.37. The van der Waals surface area contributed by atoms with Gasteiger partial charge in [0.25, 0.3) is 5.69 Å². The lowest BCUT2D eigenvalue weighted by Gasteiger charge is -2.17. The Morgan fingerprint density at radius 3 is 2.86 bits per heavy atom. The van der Waals surface area contributed by atoms with Crippen molar-refractivity contribution in [2.24, 2.45) is 0 Å². The molecule has 2 rings (SSSR count). The molecule has 1 amide bonds. The molecule has 1 aliphatic rings. The van der Waals surface area contributed by atoms with Crippen molar-refractivity contribution in [2.75, 3.05) is 6.54 Å². The number of nitrogens with zero attached hydrogens (tertiary/aromatic N) is 1. The van der Waals surface area contributed by atoms with Gasteiger partial charge in [-0.3, -0.25) is 14.9 Å². The molecule has 0 aromatic heterocycles. The van der Waals surface area contributed by atoms with Gasteiger partial charge in [0.15, 0.2) is 0 Å². The third kappa shape index (κ3) is 4.82. The number of nitro benzene ring substituents is 1. The summed E-state index contributed by atoms with van der Waals surface area (Å²) >= 11 is 0. The Morgan fingerprint density at radius 1 is 1.48 bits per heavy atom. The molecule has 0 heterocycles. The summed E-state index contributed by atoms with van der Waals surface area (Å²) in [5.41, 5.74) is 0.980. The largest absolute Gasteiger partial charge is 0.353 e. The summed E-state index contributed by atoms with van der Waals surface area (Å²) in [6.45, 7) is 2.58. The number of carbonyl (C=O) groups excluding carboxylic acids is 1. The van der Waals surface area contributed by atoms with Crippen LogP contribution in [0, 0.1) is 10.1 Å². The van der Waals surface area contributed by atoms with E-state index in [4.69, 9.17) is 0 Å². The van der Waals surface area contributed by atoms with Crippen molar-refractivity contribution in [1.29, 1.82) is 0 Å². The second-order valence-corrected chi connectivity index (χ2v) is 5.36. The minimum absolute atomic E-state index is 0.0265. The van der Waals surface area contributed by atoms with Crippen LogP contribution in [0.1, 0.15) is 44.2 Å². The number of hydrogen-bond acceptors (Lipinski definition) is 4. The number of rotatable bonds is 8. The lowest BCUT2D eigenvalue weighted by Crippen LogP contribution is -2.30. The van der Waals surface area contributed by atoms with Gasteiger partial charge in [0, 0.05) is 37.2 Å². The van der Waals surface area contributed by atoms with Gasteiger partial charge in [0.05, 0.1) is 4.92 Å². The van der Waals surface area contributed by atoms with Crippen LogP contribution in [-0.4, -0.2) is 23.4 Å². The zero-order valence-electron chi connectivity index (χ0n) is 12.2. The van der Waals surface area contributed by atoms with E-state index in [2.05, 4.69) is 10.6 Å². The van der Waals surface area contributed by atoms with Crippen molar-refractivity contribution >= 4 is 11.6 Å². The highest BCUT2D eigenvalue weighted by Gasteiger charge is 2.23. The molecule has 0 bridgehead atoms. The fraction of sp³-hybridized carbons (Fsp3) is 0.533. The smallest absolute Gasteiger partial charge is 0.269 e. The van der Waals surface area contributed by atoms with Crippen molar-refractivity contribution in [3.8, 4) is 0 Å². The number of nitrogens with one attached hydrogen (secondary N) is 2. The first kappa shape index (κ1) is 15.4. The van der Waals surface area contributed by atoms with Crippen LogP contribution < -0.4 is 10.6 Å². The summed E-state index contributed by atoms with van der Waals surface area (Å²) in [5.74, 6) is 0.0684. The van der Waals surface area contributed by atoms with Crippen molar-refractivity contribution in [3.63, 3.8) is 0 Å². The molecule has 1 aromatic carbocycles. The van der Waals surface area contributed by atoms with Crippen molar-refractivity contribution in [3.05, 3.63) is 39.9 Å².